The second-order valence-electron chi connectivity index (χ2n) is 5.53. The van der Waals surface area contributed by atoms with Crippen LogP contribution in [0.1, 0.15) is 17.0 Å². The molecule has 0 aromatic heterocycles. The molecule has 120 valence electrons. The van der Waals surface area contributed by atoms with Crippen LogP contribution in [0.25, 0.3) is 11.1 Å². The molecule has 0 fully saturated rings. The summed E-state index contributed by atoms with van der Waals surface area (Å²) in [5.74, 6) is 0.400. The molecule has 1 atom stereocenters. The zero-order valence-corrected chi connectivity index (χ0v) is 13.5. The van der Waals surface area contributed by atoms with Gasteiger partial charge in [0.1, 0.15) is 6.61 Å². The maximum Gasteiger partial charge on any atom is 0.407 e. The standard InChI is InChI=1S/C18H19NO3S/c20-9-12(11-23)19-18(21)22-10-17-15-7-3-1-5-13(15)14-6-2-4-8-16(14)17/h1-8,12,17,20,23H,9-11H2,(H,19,21). The van der Waals surface area contributed by atoms with Crippen molar-refractivity contribution in [3.63, 3.8) is 0 Å². The molecule has 1 amide bonds. The number of ether oxygens (including phenoxy) is 1. The minimum atomic E-state index is -0.528. The third kappa shape index (κ3) is 3.21. The second-order valence-corrected chi connectivity index (χ2v) is 5.90. The van der Waals surface area contributed by atoms with Gasteiger partial charge in [0, 0.05) is 11.7 Å². The van der Waals surface area contributed by atoms with E-state index in [0.717, 1.165) is 0 Å². The van der Waals surface area contributed by atoms with Crippen LogP contribution < -0.4 is 5.32 Å². The number of alkyl carbamates (subject to hydrolysis) is 1. The van der Waals surface area contributed by atoms with Crippen LogP contribution in [0.15, 0.2) is 48.5 Å². The Bertz CT molecular complexity index is 655. The van der Waals surface area contributed by atoms with Crippen molar-refractivity contribution < 1.29 is 14.6 Å². The number of nitrogens with one attached hydrogen (secondary N) is 1. The summed E-state index contributed by atoms with van der Waals surface area (Å²) in [6.45, 7) is 0.109. The molecule has 4 nitrogen and oxygen atoms in total. The van der Waals surface area contributed by atoms with E-state index in [1.54, 1.807) is 0 Å². The summed E-state index contributed by atoms with van der Waals surface area (Å²) in [6.07, 6.45) is -0.528. The van der Waals surface area contributed by atoms with Gasteiger partial charge in [-0.15, -0.1) is 0 Å². The predicted molar refractivity (Wildman–Crippen MR) is 92.9 cm³/mol. The molecule has 1 aliphatic rings. The van der Waals surface area contributed by atoms with Gasteiger partial charge in [-0.25, -0.2) is 4.79 Å². The van der Waals surface area contributed by atoms with Crippen LogP contribution in [0.3, 0.4) is 0 Å². The van der Waals surface area contributed by atoms with Crippen molar-refractivity contribution >= 4 is 18.7 Å². The Morgan fingerprint density at radius 1 is 1.13 bits per heavy atom. The van der Waals surface area contributed by atoms with Crippen molar-refractivity contribution in [2.75, 3.05) is 19.0 Å². The monoisotopic (exact) mass is 329 g/mol. The van der Waals surface area contributed by atoms with E-state index in [9.17, 15) is 4.79 Å². The van der Waals surface area contributed by atoms with Crippen molar-refractivity contribution in [2.24, 2.45) is 0 Å². The molecule has 5 heteroatoms. The summed E-state index contributed by atoms with van der Waals surface area (Å²) in [7, 11) is 0. The second kappa shape index (κ2) is 7.06. The highest BCUT2D eigenvalue weighted by Gasteiger charge is 2.29. The molecule has 0 saturated carbocycles. The average molecular weight is 329 g/mol. The number of carbonyl (C=O) groups is 1. The van der Waals surface area contributed by atoms with E-state index in [4.69, 9.17) is 9.84 Å². The summed E-state index contributed by atoms with van der Waals surface area (Å²) in [6, 6.07) is 16.0. The summed E-state index contributed by atoms with van der Waals surface area (Å²) in [5, 5.41) is 11.7. The zero-order valence-electron chi connectivity index (χ0n) is 12.6. The van der Waals surface area contributed by atoms with Crippen LogP contribution in [0.4, 0.5) is 4.79 Å². The molecular formula is C18H19NO3S. The SMILES string of the molecule is O=C(NC(CO)CS)OCC1c2ccccc2-c2ccccc21. The number of thiol groups is 1. The lowest BCUT2D eigenvalue weighted by atomic mass is 9.98. The Labute approximate surface area is 140 Å². The van der Waals surface area contributed by atoms with Gasteiger partial charge in [-0.3, -0.25) is 0 Å². The third-order valence-electron chi connectivity index (χ3n) is 4.11. The molecule has 0 aliphatic heterocycles. The van der Waals surface area contributed by atoms with E-state index in [1.807, 2.05) is 24.3 Å². The lowest BCUT2D eigenvalue weighted by Crippen LogP contribution is -2.39. The van der Waals surface area contributed by atoms with Gasteiger partial charge in [0.05, 0.1) is 12.6 Å². The molecule has 2 aromatic rings. The summed E-state index contributed by atoms with van der Waals surface area (Å²) in [5.41, 5.74) is 4.74. The van der Waals surface area contributed by atoms with Crippen LogP contribution in [0.5, 0.6) is 0 Å². The number of rotatable bonds is 5. The molecular weight excluding hydrogens is 310 g/mol. The van der Waals surface area contributed by atoms with Crippen LogP contribution >= 0.6 is 12.6 Å². The number of amides is 1. The molecule has 2 aromatic carbocycles. The first-order valence-electron chi connectivity index (χ1n) is 7.57. The first-order valence-corrected chi connectivity index (χ1v) is 8.21. The first-order chi connectivity index (χ1) is 11.2. The smallest absolute Gasteiger partial charge is 0.407 e. The van der Waals surface area contributed by atoms with Crippen molar-refractivity contribution in [3.8, 4) is 11.1 Å². The van der Waals surface area contributed by atoms with Gasteiger partial charge < -0.3 is 15.2 Å². The fourth-order valence-corrected chi connectivity index (χ4v) is 3.16. The Kier molecular flexibility index (Phi) is 4.88. The largest absolute Gasteiger partial charge is 0.449 e. The highest BCUT2D eigenvalue weighted by atomic mass is 32.1. The van der Waals surface area contributed by atoms with Gasteiger partial charge in [0.25, 0.3) is 0 Å². The highest BCUT2D eigenvalue weighted by Crippen LogP contribution is 2.44. The minimum Gasteiger partial charge on any atom is -0.449 e. The van der Waals surface area contributed by atoms with Crippen molar-refractivity contribution in [3.05, 3.63) is 59.7 Å². The summed E-state index contributed by atoms with van der Waals surface area (Å²) in [4.78, 5) is 11.9. The van der Waals surface area contributed by atoms with E-state index >= 15 is 0 Å². The number of aliphatic hydroxyl groups excluding tert-OH is 1. The lowest BCUT2D eigenvalue weighted by molar-refractivity contribution is 0.134. The minimum absolute atomic E-state index is 0.0386. The van der Waals surface area contributed by atoms with Gasteiger partial charge in [0.15, 0.2) is 0 Å². The van der Waals surface area contributed by atoms with E-state index in [2.05, 4.69) is 42.2 Å². The molecule has 3 rings (SSSR count). The normalized spacial score (nSPS) is 14.0. The highest BCUT2D eigenvalue weighted by molar-refractivity contribution is 7.80. The summed E-state index contributed by atoms with van der Waals surface area (Å²) >= 11 is 4.07. The van der Waals surface area contributed by atoms with E-state index in [1.165, 1.54) is 22.3 Å². The first kappa shape index (κ1) is 15.9. The molecule has 1 unspecified atom stereocenters. The number of hydrogen-bond acceptors (Lipinski definition) is 4. The quantitative estimate of drug-likeness (QED) is 0.739. The molecule has 2 N–H and O–H groups in total. The maximum atomic E-state index is 11.9. The van der Waals surface area contributed by atoms with Gasteiger partial charge >= 0.3 is 6.09 Å². The summed E-state index contributed by atoms with van der Waals surface area (Å²) < 4.78 is 5.38. The number of fused-ring (bicyclic) bond motifs is 3. The molecule has 23 heavy (non-hydrogen) atoms. The van der Waals surface area contributed by atoms with Gasteiger partial charge in [-0.1, -0.05) is 48.5 Å². The van der Waals surface area contributed by atoms with Crippen molar-refractivity contribution in [1.29, 1.82) is 0 Å². The molecule has 0 bridgehead atoms. The van der Waals surface area contributed by atoms with E-state index in [-0.39, 0.29) is 19.1 Å². The molecule has 0 radical (unpaired) electrons. The maximum absolute atomic E-state index is 11.9. The zero-order chi connectivity index (χ0) is 16.2. The number of benzene rings is 2. The molecule has 0 heterocycles. The fraction of sp³-hybridized carbons (Fsp3) is 0.278. The number of carbonyl (C=O) groups excluding carboxylic acids is 1. The Balaban J connectivity index is 1.75. The average Bonchev–Trinajstić information content (AvgIpc) is 2.92. The van der Waals surface area contributed by atoms with Gasteiger partial charge in [-0.05, 0) is 22.3 Å². The number of hydrogen-bond donors (Lipinski definition) is 3. The van der Waals surface area contributed by atoms with Gasteiger partial charge in [0.2, 0.25) is 0 Å². The van der Waals surface area contributed by atoms with E-state index in [0.29, 0.717) is 5.75 Å². The van der Waals surface area contributed by atoms with Crippen LogP contribution in [-0.2, 0) is 4.74 Å². The molecule has 0 saturated heterocycles. The Hall–Kier alpha value is -1.98. The Morgan fingerprint density at radius 3 is 2.22 bits per heavy atom. The topological polar surface area (TPSA) is 58.6 Å². The fourth-order valence-electron chi connectivity index (χ4n) is 2.96. The van der Waals surface area contributed by atoms with Gasteiger partial charge in [-0.2, -0.15) is 12.6 Å². The van der Waals surface area contributed by atoms with Crippen molar-refractivity contribution in [2.45, 2.75) is 12.0 Å². The molecule has 0 spiro atoms. The van der Waals surface area contributed by atoms with Crippen molar-refractivity contribution in [1.82, 2.24) is 5.32 Å². The lowest BCUT2D eigenvalue weighted by Gasteiger charge is -2.17. The van der Waals surface area contributed by atoms with E-state index < -0.39 is 12.1 Å². The number of aliphatic hydroxyl groups is 1. The van der Waals surface area contributed by atoms with Crippen LogP contribution in [0, 0.1) is 0 Å². The van der Waals surface area contributed by atoms with Crippen LogP contribution in [0.2, 0.25) is 0 Å². The predicted octanol–water partition coefficient (Wildman–Crippen LogP) is 2.82. The Morgan fingerprint density at radius 2 is 1.70 bits per heavy atom. The van der Waals surface area contributed by atoms with Crippen LogP contribution in [-0.4, -0.2) is 36.2 Å². The molecule has 1 aliphatic carbocycles. The third-order valence-corrected chi connectivity index (χ3v) is 4.55.